The monoisotopic (exact) mass is 478 g/mol. The van der Waals surface area contributed by atoms with Crippen molar-refractivity contribution in [1.82, 2.24) is 0 Å². The van der Waals surface area contributed by atoms with Gasteiger partial charge in [0.1, 0.15) is 5.76 Å². The van der Waals surface area contributed by atoms with Gasteiger partial charge in [-0.1, -0.05) is 30.3 Å². The molecule has 35 heavy (non-hydrogen) atoms. The number of fused-ring (bicyclic) bond motifs is 1. The van der Waals surface area contributed by atoms with Crippen LogP contribution in [0.1, 0.15) is 28.8 Å². The van der Waals surface area contributed by atoms with Gasteiger partial charge in [-0.05, 0) is 49.2 Å². The maximum atomic E-state index is 13.6. The number of carbonyl (C=O) groups excluding carboxylic acids is 1. The molecular formula is C27H21F3N2O3. The second-order valence-electron chi connectivity index (χ2n) is 8.40. The molecule has 0 bridgehead atoms. The summed E-state index contributed by atoms with van der Waals surface area (Å²) in [6.07, 6.45) is -2.42. The van der Waals surface area contributed by atoms with Crippen molar-refractivity contribution in [3.63, 3.8) is 0 Å². The van der Waals surface area contributed by atoms with Crippen molar-refractivity contribution < 1.29 is 22.4 Å². The van der Waals surface area contributed by atoms with Gasteiger partial charge in [0.25, 0.3) is 5.91 Å². The molecule has 1 amide bonds. The molecule has 8 heteroatoms. The molecular weight excluding hydrogens is 457 g/mol. The number of nitrogens with zero attached hydrogens (tertiary/aromatic N) is 1. The molecule has 4 aromatic rings. The van der Waals surface area contributed by atoms with E-state index in [1.807, 2.05) is 6.07 Å². The first kappa shape index (κ1) is 22.7. The third-order valence-electron chi connectivity index (χ3n) is 6.08. The highest BCUT2D eigenvalue weighted by molar-refractivity contribution is 6.08. The molecule has 3 aromatic carbocycles. The van der Waals surface area contributed by atoms with Crippen molar-refractivity contribution in [2.45, 2.75) is 19.0 Å². The molecule has 0 radical (unpaired) electrons. The maximum absolute atomic E-state index is 13.6. The summed E-state index contributed by atoms with van der Waals surface area (Å²) in [5, 5.41) is 2.91. The molecule has 1 N–H and O–H groups in total. The molecule has 5 rings (SSSR count). The average molecular weight is 478 g/mol. The van der Waals surface area contributed by atoms with E-state index < -0.39 is 23.1 Å². The van der Waals surface area contributed by atoms with E-state index in [1.165, 1.54) is 24.3 Å². The van der Waals surface area contributed by atoms with Crippen LogP contribution in [-0.4, -0.2) is 19.0 Å². The average Bonchev–Trinajstić information content (AvgIpc) is 3.39. The van der Waals surface area contributed by atoms with Crippen LogP contribution in [0.15, 0.2) is 82.0 Å². The minimum absolute atomic E-state index is 0.0102. The number of hydrogen-bond acceptors (Lipinski definition) is 4. The van der Waals surface area contributed by atoms with Crippen LogP contribution in [0, 0.1) is 0 Å². The van der Waals surface area contributed by atoms with E-state index in [0.29, 0.717) is 5.56 Å². The Balaban J connectivity index is 1.54. The van der Waals surface area contributed by atoms with Crippen LogP contribution in [0.5, 0.6) is 0 Å². The number of hydrogen-bond donors (Lipinski definition) is 1. The lowest BCUT2D eigenvalue weighted by atomic mass is 10.0. The van der Waals surface area contributed by atoms with Crippen molar-refractivity contribution >= 4 is 28.3 Å². The molecule has 1 fully saturated rings. The Labute approximate surface area is 198 Å². The van der Waals surface area contributed by atoms with Crippen LogP contribution in [-0.2, 0) is 6.18 Å². The zero-order chi connectivity index (χ0) is 24.6. The highest BCUT2D eigenvalue weighted by Gasteiger charge is 2.34. The SMILES string of the molecule is O=C(Nc1cccc2c(=O)cc(-c3ccccc3C(F)(F)F)oc12)c1cccc(N2CCCC2)c1. The van der Waals surface area contributed by atoms with E-state index >= 15 is 0 Å². The highest BCUT2D eigenvalue weighted by Crippen LogP contribution is 2.38. The fraction of sp³-hybridized carbons (Fsp3) is 0.185. The summed E-state index contributed by atoms with van der Waals surface area (Å²) in [4.78, 5) is 28.0. The molecule has 1 aliphatic heterocycles. The summed E-state index contributed by atoms with van der Waals surface area (Å²) in [6.45, 7) is 1.86. The number of anilines is 2. The van der Waals surface area contributed by atoms with Crippen molar-refractivity contribution in [2.24, 2.45) is 0 Å². The normalized spacial score (nSPS) is 13.9. The predicted molar refractivity (Wildman–Crippen MR) is 129 cm³/mol. The molecule has 0 aliphatic carbocycles. The third-order valence-corrected chi connectivity index (χ3v) is 6.08. The van der Waals surface area contributed by atoms with Crippen molar-refractivity contribution in [3.05, 3.63) is 94.1 Å². The molecule has 2 heterocycles. The van der Waals surface area contributed by atoms with E-state index in [1.54, 1.807) is 30.3 Å². The Morgan fingerprint density at radius 1 is 0.914 bits per heavy atom. The van der Waals surface area contributed by atoms with Gasteiger partial charge in [-0.3, -0.25) is 9.59 Å². The Bertz CT molecular complexity index is 1470. The molecule has 178 valence electrons. The Kier molecular flexibility index (Phi) is 5.80. The number of amides is 1. The van der Waals surface area contributed by atoms with Crippen molar-refractivity contribution in [2.75, 3.05) is 23.3 Å². The number of benzene rings is 3. The number of para-hydroxylation sites is 1. The van der Waals surface area contributed by atoms with Crippen LogP contribution < -0.4 is 15.6 Å². The Hall–Kier alpha value is -4.07. The van der Waals surface area contributed by atoms with Gasteiger partial charge >= 0.3 is 6.18 Å². The van der Waals surface area contributed by atoms with Gasteiger partial charge in [-0.15, -0.1) is 0 Å². The largest absolute Gasteiger partial charge is 0.454 e. The Morgan fingerprint density at radius 3 is 2.43 bits per heavy atom. The molecule has 1 saturated heterocycles. The van der Waals surface area contributed by atoms with E-state index in [4.69, 9.17) is 4.42 Å². The first-order valence-electron chi connectivity index (χ1n) is 11.2. The zero-order valence-corrected chi connectivity index (χ0v) is 18.6. The van der Waals surface area contributed by atoms with Crippen molar-refractivity contribution in [1.29, 1.82) is 0 Å². The molecule has 1 aromatic heterocycles. The molecule has 5 nitrogen and oxygen atoms in total. The lowest BCUT2D eigenvalue weighted by Gasteiger charge is -2.18. The summed E-state index contributed by atoms with van der Waals surface area (Å²) >= 11 is 0. The topological polar surface area (TPSA) is 62.6 Å². The van der Waals surface area contributed by atoms with Crippen LogP contribution in [0.3, 0.4) is 0 Å². The first-order chi connectivity index (χ1) is 16.8. The van der Waals surface area contributed by atoms with Gasteiger partial charge < -0.3 is 14.6 Å². The number of alkyl halides is 3. The van der Waals surface area contributed by atoms with Crippen LogP contribution in [0.2, 0.25) is 0 Å². The number of halogens is 3. The summed E-state index contributed by atoms with van der Waals surface area (Å²) in [7, 11) is 0. The third kappa shape index (κ3) is 4.51. The molecule has 0 unspecified atom stereocenters. The lowest BCUT2D eigenvalue weighted by Crippen LogP contribution is -2.19. The maximum Gasteiger partial charge on any atom is 0.417 e. The molecule has 0 spiro atoms. The van der Waals surface area contributed by atoms with E-state index in [-0.39, 0.29) is 28.0 Å². The Morgan fingerprint density at radius 2 is 1.66 bits per heavy atom. The standard InChI is InChI=1S/C27H21F3N2O3/c28-27(29,30)21-11-2-1-9-19(21)24-16-23(33)20-10-6-12-22(25(20)35-24)31-26(34)17-7-5-8-18(15-17)32-13-3-4-14-32/h1-2,5-12,15-16H,3-4,13-14H2,(H,31,34). The van der Waals surface area contributed by atoms with Crippen LogP contribution >= 0.6 is 0 Å². The summed E-state index contributed by atoms with van der Waals surface area (Å²) in [5.74, 6) is -0.643. The second kappa shape index (κ2) is 8.94. The number of carbonyl (C=O) groups is 1. The van der Waals surface area contributed by atoms with Gasteiger partial charge in [0.05, 0.1) is 16.6 Å². The molecule has 1 aliphatic rings. The fourth-order valence-corrected chi connectivity index (χ4v) is 4.37. The zero-order valence-electron chi connectivity index (χ0n) is 18.6. The molecule has 0 saturated carbocycles. The van der Waals surface area contributed by atoms with E-state index in [9.17, 15) is 22.8 Å². The van der Waals surface area contributed by atoms with E-state index in [0.717, 1.165) is 43.8 Å². The van der Waals surface area contributed by atoms with Gasteiger partial charge in [0.2, 0.25) is 0 Å². The number of rotatable bonds is 4. The fourth-order valence-electron chi connectivity index (χ4n) is 4.37. The number of nitrogens with one attached hydrogen (secondary N) is 1. The smallest absolute Gasteiger partial charge is 0.417 e. The van der Waals surface area contributed by atoms with Crippen LogP contribution in [0.25, 0.3) is 22.3 Å². The quantitative estimate of drug-likeness (QED) is 0.372. The van der Waals surface area contributed by atoms with Gasteiger partial charge in [-0.2, -0.15) is 13.2 Å². The van der Waals surface area contributed by atoms with Gasteiger partial charge in [0, 0.05) is 36.0 Å². The molecule has 0 atom stereocenters. The highest BCUT2D eigenvalue weighted by atomic mass is 19.4. The minimum Gasteiger partial charge on any atom is -0.454 e. The first-order valence-corrected chi connectivity index (χ1v) is 11.2. The minimum atomic E-state index is -4.63. The van der Waals surface area contributed by atoms with Crippen molar-refractivity contribution in [3.8, 4) is 11.3 Å². The summed E-state index contributed by atoms with van der Waals surface area (Å²) < 4.78 is 46.5. The summed E-state index contributed by atoms with van der Waals surface area (Å²) in [6, 6.07) is 17.8. The lowest BCUT2D eigenvalue weighted by molar-refractivity contribution is -0.137. The van der Waals surface area contributed by atoms with Crippen LogP contribution in [0.4, 0.5) is 24.5 Å². The van der Waals surface area contributed by atoms with Gasteiger partial charge in [-0.25, -0.2) is 0 Å². The predicted octanol–water partition coefficient (Wildman–Crippen LogP) is 6.33. The van der Waals surface area contributed by atoms with E-state index in [2.05, 4.69) is 10.2 Å². The van der Waals surface area contributed by atoms with Gasteiger partial charge in [0.15, 0.2) is 11.0 Å². The second-order valence-corrected chi connectivity index (χ2v) is 8.40. The summed E-state index contributed by atoms with van der Waals surface area (Å²) in [5.41, 5.74) is -0.0944.